The monoisotopic (exact) mass is 262 g/mol. The third-order valence-corrected chi connectivity index (χ3v) is 2.51. The average Bonchev–Trinajstić information content (AvgIpc) is 2.39. The van der Waals surface area contributed by atoms with Gasteiger partial charge in [-0.05, 0) is 12.5 Å². The molecule has 1 aromatic rings. The molecule has 1 aromatic carbocycles. The van der Waals surface area contributed by atoms with E-state index in [1.165, 1.54) is 0 Å². The molecule has 0 atom stereocenters. The Balaban J connectivity index is 2.70. The van der Waals surface area contributed by atoms with Gasteiger partial charge in [-0.1, -0.05) is 30.3 Å². The highest BCUT2D eigenvalue weighted by molar-refractivity contribution is 7.84. The molecule has 5 heteroatoms. The molecule has 0 aliphatic heterocycles. The third-order valence-electron chi connectivity index (χ3n) is 2.13. The molecule has 0 amide bonds. The number of nitrogens with zero attached hydrogens (tertiary/aromatic N) is 1. The molecule has 0 aliphatic rings. The van der Waals surface area contributed by atoms with Crippen molar-refractivity contribution in [3.05, 3.63) is 46.5 Å². The van der Waals surface area contributed by atoms with Gasteiger partial charge in [-0.25, -0.2) is 4.79 Å². The predicted molar refractivity (Wildman–Crippen MR) is 71.5 cm³/mol. The quantitative estimate of drug-likeness (QED) is 0.369. The van der Waals surface area contributed by atoms with Crippen molar-refractivity contribution in [1.29, 1.82) is 5.26 Å². The van der Waals surface area contributed by atoms with Crippen LogP contribution in [0.3, 0.4) is 0 Å². The minimum atomic E-state index is -0.662. The first-order chi connectivity index (χ1) is 8.69. The maximum Gasteiger partial charge on any atom is 0.351 e. The Labute approximate surface area is 112 Å². The van der Waals surface area contributed by atoms with Crippen molar-refractivity contribution in [1.82, 2.24) is 5.32 Å². The molecule has 1 N–H and O–H groups in total. The van der Waals surface area contributed by atoms with Gasteiger partial charge in [0.05, 0.1) is 11.6 Å². The highest BCUT2D eigenvalue weighted by Crippen LogP contribution is 2.09. The molecular formula is C13H14N2O2S. The van der Waals surface area contributed by atoms with E-state index in [1.807, 2.05) is 30.3 Å². The van der Waals surface area contributed by atoms with Crippen LogP contribution in [0.2, 0.25) is 0 Å². The number of carbonyl (C=O) groups excluding carboxylic acids is 1. The predicted octanol–water partition coefficient (Wildman–Crippen LogP) is 2.00. The summed E-state index contributed by atoms with van der Waals surface area (Å²) >= 11 is 4.11. The Kier molecular flexibility index (Phi) is 5.81. The smallest absolute Gasteiger partial charge is 0.351 e. The normalized spacial score (nSPS) is 11.2. The number of rotatable bonds is 5. The fraction of sp³-hybridized carbons (Fsp3) is 0.231. The van der Waals surface area contributed by atoms with Gasteiger partial charge in [0.1, 0.15) is 6.07 Å². The molecule has 0 aliphatic carbocycles. The number of benzene rings is 1. The zero-order chi connectivity index (χ0) is 13.4. The Bertz CT molecular complexity index is 478. The van der Waals surface area contributed by atoms with Gasteiger partial charge in [0.2, 0.25) is 0 Å². The van der Waals surface area contributed by atoms with E-state index in [2.05, 4.69) is 17.9 Å². The lowest BCUT2D eigenvalue weighted by Crippen LogP contribution is -2.16. The van der Waals surface area contributed by atoms with Gasteiger partial charge < -0.3 is 10.1 Å². The van der Waals surface area contributed by atoms with Crippen molar-refractivity contribution in [2.24, 2.45) is 0 Å². The van der Waals surface area contributed by atoms with Gasteiger partial charge in [-0.2, -0.15) is 5.26 Å². The number of carbonyl (C=O) groups is 1. The molecular weight excluding hydrogens is 248 g/mol. The number of hydrogen-bond donors (Lipinski definition) is 2. The van der Waals surface area contributed by atoms with E-state index in [-0.39, 0.29) is 17.2 Å². The molecule has 18 heavy (non-hydrogen) atoms. The summed E-state index contributed by atoms with van der Waals surface area (Å²) in [4.78, 5) is 11.4. The molecule has 0 radical (unpaired) electrons. The second-order valence-electron chi connectivity index (χ2n) is 3.40. The Morgan fingerprint density at radius 3 is 2.67 bits per heavy atom. The van der Waals surface area contributed by atoms with E-state index in [0.29, 0.717) is 6.54 Å². The first-order valence-corrected chi connectivity index (χ1v) is 5.92. The van der Waals surface area contributed by atoms with Crippen LogP contribution in [-0.2, 0) is 16.1 Å². The van der Waals surface area contributed by atoms with Gasteiger partial charge in [0.25, 0.3) is 0 Å². The molecule has 0 bridgehead atoms. The van der Waals surface area contributed by atoms with Gasteiger partial charge in [0.15, 0.2) is 5.57 Å². The van der Waals surface area contributed by atoms with Crippen LogP contribution in [0.1, 0.15) is 12.5 Å². The summed E-state index contributed by atoms with van der Waals surface area (Å²) in [5.74, 6) is -0.662. The summed E-state index contributed by atoms with van der Waals surface area (Å²) in [6.45, 7) is 2.40. The number of ether oxygens (including phenoxy) is 1. The lowest BCUT2D eigenvalue weighted by atomic mass is 10.2. The molecule has 0 saturated heterocycles. The molecule has 0 spiro atoms. The number of hydrogen-bond acceptors (Lipinski definition) is 5. The van der Waals surface area contributed by atoms with Crippen LogP contribution in [0, 0.1) is 11.3 Å². The zero-order valence-electron chi connectivity index (χ0n) is 10.0. The van der Waals surface area contributed by atoms with Crippen LogP contribution in [0.4, 0.5) is 0 Å². The largest absolute Gasteiger partial charge is 0.462 e. The van der Waals surface area contributed by atoms with Gasteiger partial charge >= 0.3 is 5.97 Å². The van der Waals surface area contributed by atoms with Crippen molar-refractivity contribution in [3.63, 3.8) is 0 Å². The first-order valence-electron chi connectivity index (χ1n) is 5.47. The van der Waals surface area contributed by atoms with E-state index in [1.54, 1.807) is 13.0 Å². The molecule has 0 fully saturated rings. The highest BCUT2D eigenvalue weighted by atomic mass is 32.1. The fourth-order valence-electron chi connectivity index (χ4n) is 1.27. The van der Waals surface area contributed by atoms with Crippen molar-refractivity contribution >= 4 is 18.6 Å². The van der Waals surface area contributed by atoms with Crippen LogP contribution in [-0.4, -0.2) is 12.6 Å². The van der Waals surface area contributed by atoms with E-state index < -0.39 is 5.97 Å². The zero-order valence-corrected chi connectivity index (χ0v) is 10.9. The summed E-state index contributed by atoms with van der Waals surface area (Å²) in [6.07, 6.45) is 0. The maximum atomic E-state index is 11.4. The minimum absolute atomic E-state index is 0.115. The Hall–Kier alpha value is -1.93. The Morgan fingerprint density at radius 2 is 2.11 bits per heavy atom. The SMILES string of the molecule is CCOC(=O)C(C#N)=C(S)NCc1ccccc1. The fourth-order valence-corrected chi connectivity index (χ4v) is 1.49. The lowest BCUT2D eigenvalue weighted by Gasteiger charge is -2.08. The average molecular weight is 262 g/mol. The van der Waals surface area contributed by atoms with E-state index >= 15 is 0 Å². The van der Waals surface area contributed by atoms with Crippen LogP contribution < -0.4 is 5.32 Å². The minimum Gasteiger partial charge on any atom is -0.462 e. The van der Waals surface area contributed by atoms with Crippen molar-refractivity contribution in [3.8, 4) is 6.07 Å². The molecule has 4 nitrogen and oxygen atoms in total. The van der Waals surface area contributed by atoms with E-state index in [9.17, 15) is 4.79 Å². The van der Waals surface area contributed by atoms with Crippen LogP contribution in [0.5, 0.6) is 0 Å². The van der Waals surface area contributed by atoms with Gasteiger partial charge in [-0.15, -0.1) is 12.6 Å². The molecule has 0 aromatic heterocycles. The molecule has 1 rings (SSSR count). The molecule has 94 valence electrons. The number of nitriles is 1. The summed E-state index contributed by atoms with van der Waals surface area (Å²) in [7, 11) is 0. The van der Waals surface area contributed by atoms with E-state index in [0.717, 1.165) is 5.56 Å². The highest BCUT2D eigenvalue weighted by Gasteiger charge is 2.14. The van der Waals surface area contributed by atoms with E-state index in [4.69, 9.17) is 10.00 Å². The molecule has 0 unspecified atom stereocenters. The third kappa shape index (κ3) is 4.15. The topological polar surface area (TPSA) is 62.1 Å². The summed E-state index contributed by atoms with van der Waals surface area (Å²) in [5.41, 5.74) is 0.918. The van der Waals surface area contributed by atoms with Crippen molar-refractivity contribution in [2.45, 2.75) is 13.5 Å². The summed E-state index contributed by atoms with van der Waals surface area (Å²) in [5, 5.41) is 12.0. The molecule has 0 heterocycles. The standard InChI is InChI=1S/C13H14N2O2S/c1-2-17-13(16)11(8-14)12(18)15-9-10-6-4-3-5-7-10/h3-7,15,18H,2,9H2,1H3. The van der Waals surface area contributed by atoms with Crippen LogP contribution in [0.15, 0.2) is 40.9 Å². The second-order valence-corrected chi connectivity index (χ2v) is 3.84. The van der Waals surface area contributed by atoms with Crippen molar-refractivity contribution < 1.29 is 9.53 Å². The van der Waals surface area contributed by atoms with Crippen molar-refractivity contribution in [2.75, 3.05) is 6.61 Å². The first kappa shape index (κ1) is 14.1. The van der Waals surface area contributed by atoms with Crippen LogP contribution in [0.25, 0.3) is 0 Å². The lowest BCUT2D eigenvalue weighted by molar-refractivity contribution is -0.138. The number of thiol groups is 1. The number of esters is 1. The second kappa shape index (κ2) is 7.41. The summed E-state index contributed by atoms with van der Waals surface area (Å²) < 4.78 is 4.76. The molecule has 0 saturated carbocycles. The number of nitrogens with one attached hydrogen (secondary N) is 1. The maximum absolute atomic E-state index is 11.4. The van der Waals surface area contributed by atoms with Crippen LogP contribution >= 0.6 is 12.6 Å². The van der Waals surface area contributed by atoms with Gasteiger partial charge in [0, 0.05) is 6.54 Å². The Morgan fingerprint density at radius 1 is 1.44 bits per heavy atom. The van der Waals surface area contributed by atoms with Gasteiger partial charge in [-0.3, -0.25) is 0 Å². The summed E-state index contributed by atoms with van der Waals surface area (Å²) in [6, 6.07) is 11.4.